The van der Waals surface area contributed by atoms with E-state index in [2.05, 4.69) is 41.4 Å². The third-order valence-electron chi connectivity index (χ3n) is 4.08. The van der Waals surface area contributed by atoms with Gasteiger partial charge < -0.3 is 10.2 Å². The fourth-order valence-corrected chi connectivity index (χ4v) is 3.05. The first-order valence-corrected chi connectivity index (χ1v) is 6.90. The van der Waals surface area contributed by atoms with Gasteiger partial charge in [-0.25, -0.2) is 0 Å². The van der Waals surface area contributed by atoms with Crippen LogP contribution in [-0.4, -0.2) is 36.0 Å². The summed E-state index contributed by atoms with van der Waals surface area (Å²) in [5.41, 5.74) is 1.38. The molecule has 0 bridgehead atoms. The molecule has 0 radical (unpaired) electrons. The van der Waals surface area contributed by atoms with Crippen molar-refractivity contribution in [3.8, 4) is 0 Å². The predicted octanol–water partition coefficient (Wildman–Crippen LogP) is 1.75. The van der Waals surface area contributed by atoms with Crippen molar-refractivity contribution in [1.82, 2.24) is 10.2 Å². The van der Waals surface area contributed by atoms with Crippen LogP contribution in [0.15, 0.2) is 30.3 Å². The van der Waals surface area contributed by atoms with Crippen LogP contribution in [0.25, 0.3) is 0 Å². The lowest BCUT2D eigenvalue weighted by atomic mass is 10.1. The Labute approximate surface area is 108 Å². The summed E-state index contributed by atoms with van der Waals surface area (Å²) in [4.78, 5) is 14.3. The molecule has 1 aliphatic carbocycles. The van der Waals surface area contributed by atoms with Crippen molar-refractivity contribution in [2.45, 2.75) is 37.8 Å². The number of hydrogen-bond acceptors (Lipinski definition) is 2. The number of nitrogens with zero attached hydrogens (tertiary/aromatic N) is 1. The molecule has 1 amide bonds. The van der Waals surface area contributed by atoms with Gasteiger partial charge in [0.25, 0.3) is 0 Å². The highest BCUT2D eigenvalue weighted by atomic mass is 16.2. The van der Waals surface area contributed by atoms with Gasteiger partial charge in [-0.1, -0.05) is 37.3 Å². The quantitative estimate of drug-likeness (QED) is 0.875. The molecular weight excluding hydrogens is 224 g/mol. The minimum atomic E-state index is 0.0621. The summed E-state index contributed by atoms with van der Waals surface area (Å²) in [5, 5.41) is 3.27. The van der Waals surface area contributed by atoms with E-state index in [4.69, 9.17) is 0 Å². The standard InChI is InChI=1S/C15H20N2O/c1-2-16-13-8-9-17(15(13)18)14-10-12(14)11-6-4-3-5-7-11/h3-7,12-14,16H,2,8-10H2,1H3. The number of hydrogen-bond donors (Lipinski definition) is 1. The van der Waals surface area contributed by atoms with E-state index < -0.39 is 0 Å². The molecular formula is C15H20N2O. The molecule has 1 N–H and O–H groups in total. The molecule has 3 nitrogen and oxygen atoms in total. The van der Waals surface area contributed by atoms with Crippen LogP contribution in [0.1, 0.15) is 31.2 Å². The first kappa shape index (κ1) is 11.7. The Morgan fingerprint density at radius 3 is 2.83 bits per heavy atom. The molecule has 3 rings (SSSR count). The van der Waals surface area contributed by atoms with E-state index >= 15 is 0 Å². The molecule has 1 heterocycles. The molecule has 1 aliphatic heterocycles. The highest BCUT2D eigenvalue weighted by Gasteiger charge is 2.48. The number of nitrogens with one attached hydrogen (secondary N) is 1. The largest absolute Gasteiger partial charge is 0.338 e. The summed E-state index contributed by atoms with van der Waals surface area (Å²) in [6, 6.07) is 11.1. The fourth-order valence-electron chi connectivity index (χ4n) is 3.05. The van der Waals surface area contributed by atoms with Crippen LogP contribution in [0.4, 0.5) is 0 Å². The van der Waals surface area contributed by atoms with Crippen LogP contribution < -0.4 is 5.32 Å². The van der Waals surface area contributed by atoms with Gasteiger partial charge in [0.15, 0.2) is 0 Å². The van der Waals surface area contributed by atoms with Crippen LogP contribution >= 0.6 is 0 Å². The summed E-state index contributed by atoms with van der Waals surface area (Å²) in [5.74, 6) is 0.871. The molecule has 1 saturated heterocycles. The van der Waals surface area contributed by atoms with E-state index in [0.717, 1.165) is 25.9 Å². The van der Waals surface area contributed by atoms with Crippen molar-refractivity contribution in [1.29, 1.82) is 0 Å². The molecule has 1 aromatic carbocycles. The number of likely N-dealkylation sites (tertiary alicyclic amines) is 1. The van der Waals surface area contributed by atoms with Crippen molar-refractivity contribution >= 4 is 5.91 Å². The van der Waals surface area contributed by atoms with Crippen LogP contribution in [0.5, 0.6) is 0 Å². The Kier molecular flexibility index (Phi) is 3.08. The Hall–Kier alpha value is -1.35. The van der Waals surface area contributed by atoms with Gasteiger partial charge >= 0.3 is 0 Å². The van der Waals surface area contributed by atoms with Gasteiger partial charge in [-0.2, -0.15) is 0 Å². The van der Waals surface area contributed by atoms with E-state index in [9.17, 15) is 4.79 Å². The molecule has 0 spiro atoms. The lowest BCUT2D eigenvalue weighted by molar-refractivity contribution is -0.129. The smallest absolute Gasteiger partial charge is 0.240 e. The van der Waals surface area contributed by atoms with E-state index in [-0.39, 0.29) is 6.04 Å². The number of likely N-dealkylation sites (N-methyl/N-ethyl adjacent to an activating group) is 1. The van der Waals surface area contributed by atoms with E-state index in [1.165, 1.54) is 5.56 Å². The summed E-state index contributed by atoms with van der Waals surface area (Å²) >= 11 is 0. The van der Waals surface area contributed by atoms with Gasteiger partial charge in [-0.05, 0) is 24.9 Å². The van der Waals surface area contributed by atoms with Crippen molar-refractivity contribution in [2.75, 3.05) is 13.1 Å². The van der Waals surface area contributed by atoms with Crippen LogP contribution in [0.3, 0.4) is 0 Å². The number of amides is 1. The molecule has 3 heteroatoms. The zero-order valence-corrected chi connectivity index (χ0v) is 10.8. The van der Waals surface area contributed by atoms with Crippen molar-refractivity contribution < 1.29 is 4.79 Å². The maximum atomic E-state index is 12.2. The summed E-state index contributed by atoms with van der Waals surface area (Å²) in [7, 11) is 0. The predicted molar refractivity (Wildman–Crippen MR) is 71.4 cm³/mol. The van der Waals surface area contributed by atoms with Crippen molar-refractivity contribution in [3.05, 3.63) is 35.9 Å². The van der Waals surface area contributed by atoms with Gasteiger partial charge in [-0.15, -0.1) is 0 Å². The van der Waals surface area contributed by atoms with Crippen LogP contribution in [0, 0.1) is 0 Å². The summed E-state index contributed by atoms with van der Waals surface area (Å²) in [6.07, 6.45) is 2.10. The van der Waals surface area contributed by atoms with Gasteiger partial charge in [-0.3, -0.25) is 4.79 Å². The SMILES string of the molecule is CCNC1CCN(C2CC2c2ccccc2)C1=O. The average molecular weight is 244 g/mol. The normalized spacial score (nSPS) is 30.8. The lowest BCUT2D eigenvalue weighted by Gasteiger charge is -2.17. The first-order valence-electron chi connectivity index (χ1n) is 6.90. The zero-order valence-electron chi connectivity index (χ0n) is 10.8. The summed E-state index contributed by atoms with van der Waals surface area (Å²) in [6.45, 7) is 3.85. The summed E-state index contributed by atoms with van der Waals surface area (Å²) < 4.78 is 0. The van der Waals surface area contributed by atoms with Gasteiger partial charge in [0.1, 0.15) is 0 Å². The number of carbonyl (C=O) groups is 1. The second kappa shape index (κ2) is 4.73. The van der Waals surface area contributed by atoms with Crippen LogP contribution in [-0.2, 0) is 4.79 Å². The molecule has 2 fully saturated rings. The topological polar surface area (TPSA) is 32.3 Å². The molecule has 0 aromatic heterocycles. The molecule has 3 atom stereocenters. The van der Waals surface area contributed by atoms with Crippen molar-refractivity contribution in [3.63, 3.8) is 0 Å². The minimum Gasteiger partial charge on any atom is -0.338 e. The van der Waals surface area contributed by atoms with Crippen molar-refractivity contribution in [2.24, 2.45) is 0 Å². The van der Waals surface area contributed by atoms with E-state index in [0.29, 0.717) is 17.9 Å². The fraction of sp³-hybridized carbons (Fsp3) is 0.533. The maximum Gasteiger partial charge on any atom is 0.240 e. The highest BCUT2D eigenvalue weighted by Crippen LogP contribution is 2.45. The average Bonchev–Trinajstić information content (AvgIpc) is 3.12. The Morgan fingerprint density at radius 2 is 2.11 bits per heavy atom. The van der Waals surface area contributed by atoms with Gasteiger partial charge in [0.05, 0.1) is 6.04 Å². The second-order valence-corrected chi connectivity index (χ2v) is 5.25. The molecule has 2 aliphatic rings. The highest BCUT2D eigenvalue weighted by molar-refractivity contribution is 5.84. The Morgan fingerprint density at radius 1 is 1.33 bits per heavy atom. The molecule has 96 valence electrons. The van der Waals surface area contributed by atoms with Gasteiger partial charge in [0, 0.05) is 18.5 Å². The molecule has 1 saturated carbocycles. The van der Waals surface area contributed by atoms with Gasteiger partial charge in [0.2, 0.25) is 5.91 Å². The first-order chi connectivity index (χ1) is 8.81. The number of benzene rings is 1. The second-order valence-electron chi connectivity index (χ2n) is 5.25. The zero-order chi connectivity index (χ0) is 12.5. The lowest BCUT2D eigenvalue weighted by Crippen LogP contribution is -2.39. The van der Waals surface area contributed by atoms with Crippen LogP contribution in [0.2, 0.25) is 0 Å². The molecule has 3 unspecified atom stereocenters. The maximum absolute atomic E-state index is 12.2. The third kappa shape index (κ3) is 2.03. The minimum absolute atomic E-state index is 0.0621. The Balaban J connectivity index is 1.64. The number of rotatable bonds is 4. The Bertz CT molecular complexity index is 431. The number of carbonyl (C=O) groups excluding carboxylic acids is 1. The molecule has 1 aromatic rings. The monoisotopic (exact) mass is 244 g/mol. The van der Waals surface area contributed by atoms with E-state index in [1.54, 1.807) is 0 Å². The van der Waals surface area contributed by atoms with E-state index in [1.807, 2.05) is 6.07 Å². The third-order valence-corrected chi connectivity index (χ3v) is 4.08. The molecule has 18 heavy (non-hydrogen) atoms.